The van der Waals surface area contributed by atoms with Crippen molar-refractivity contribution in [1.82, 2.24) is 4.98 Å². The van der Waals surface area contributed by atoms with Crippen molar-refractivity contribution in [1.29, 1.82) is 0 Å². The maximum absolute atomic E-state index is 5.34. The highest BCUT2D eigenvalue weighted by molar-refractivity contribution is 5.53. The molecule has 0 atom stereocenters. The van der Waals surface area contributed by atoms with Crippen molar-refractivity contribution in [2.75, 3.05) is 23.4 Å². The lowest BCUT2D eigenvalue weighted by Gasteiger charge is -2.23. The molecular formula is C11H20N4. The van der Waals surface area contributed by atoms with E-state index in [-0.39, 0.29) is 0 Å². The third-order valence-electron chi connectivity index (χ3n) is 2.24. The molecule has 0 saturated carbocycles. The summed E-state index contributed by atoms with van der Waals surface area (Å²) in [6.45, 7) is 6.52. The van der Waals surface area contributed by atoms with Gasteiger partial charge >= 0.3 is 0 Å². The van der Waals surface area contributed by atoms with Gasteiger partial charge in [0.1, 0.15) is 5.82 Å². The molecule has 0 aliphatic carbocycles. The van der Waals surface area contributed by atoms with Gasteiger partial charge in [-0.2, -0.15) is 0 Å². The summed E-state index contributed by atoms with van der Waals surface area (Å²) in [6, 6.07) is 4.00. The van der Waals surface area contributed by atoms with Crippen LogP contribution in [0.15, 0.2) is 18.3 Å². The van der Waals surface area contributed by atoms with Crippen molar-refractivity contribution < 1.29 is 0 Å². The normalized spacial score (nSPS) is 10.1. The second-order valence-corrected chi connectivity index (χ2v) is 3.53. The lowest BCUT2D eigenvalue weighted by atomic mass is 10.3. The van der Waals surface area contributed by atoms with Crippen molar-refractivity contribution >= 4 is 11.5 Å². The number of rotatable bonds is 6. The highest BCUT2D eigenvalue weighted by Gasteiger charge is 2.04. The number of pyridine rings is 1. The van der Waals surface area contributed by atoms with Gasteiger partial charge in [0, 0.05) is 31.0 Å². The van der Waals surface area contributed by atoms with Crippen LogP contribution < -0.4 is 16.2 Å². The first-order valence-electron chi connectivity index (χ1n) is 5.49. The van der Waals surface area contributed by atoms with Crippen LogP contribution in [-0.2, 0) is 0 Å². The fourth-order valence-electron chi connectivity index (χ4n) is 1.60. The van der Waals surface area contributed by atoms with Crippen LogP contribution in [0.4, 0.5) is 11.5 Å². The molecule has 0 radical (unpaired) electrons. The Labute approximate surface area is 91.5 Å². The maximum atomic E-state index is 5.34. The quantitative estimate of drug-likeness (QED) is 0.554. The van der Waals surface area contributed by atoms with Crippen LogP contribution in [0, 0.1) is 0 Å². The Balaban J connectivity index is 2.79. The largest absolute Gasteiger partial charge is 0.371 e. The van der Waals surface area contributed by atoms with Crippen LogP contribution in [0.5, 0.6) is 0 Å². The van der Waals surface area contributed by atoms with Gasteiger partial charge in [0.15, 0.2) is 0 Å². The molecule has 1 aromatic heterocycles. The number of hydrazine groups is 1. The van der Waals surface area contributed by atoms with E-state index in [2.05, 4.69) is 29.2 Å². The molecule has 0 amide bonds. The molecule has 15 heavy (non-hydrogen) atoms. The summed E-state index contributed by atoms with van der Waals surface area (Å²) in [6.07, 6.45) is 4.07. The Hall–Kier alpha value is -1.29. The van der Waals surface area contributed by atoms with Gasteiger partial charge in [0.2, 0.25) is 0 Å². The lowest BCUT2D eigenvalue weighted by Crippen LogP contribution is -2.25. The molecule has 0 aromatic carbocycles. The Bertz CT molecular complexity index is 282. The third kappa shape index (κ3) is 3.40. The van der Waals surface area contributed by atoms with Crippen LogP contribution in [0.1, 0.15) is 26.7 Å². The van der Waals surface area contributed by atoms with E-state index >= 15 is 0 Å². The molecule has 4 nitrogen and oxygen atoms in total. The number of nitrogens with two attached hydrogens (primary N) is 1. The van der Waals surface area contributed by atoms with E-state index in [0.29, 0.717) is 5.82 Å². The minimum absolute atomic E-state index is 0.713. The molecule has 0 spiro atoms. The van der Waals surface area contributed by atoms with E-state index in [1.54, 1.807) is 6.20 Å². The first-order valence-corrected chi connectivity index (χ1v) is 5.49. The van der Waals surface area contributed by atoms with Crippen molar-refractivity contribution in [2.24, 2.45) is 5.84 Å². The van der Waals surface area contributed by atoms with Gasteiger partial charge in [-0.25, -0.2) is 10.8 Å². The second-order valence-electron chi connectivity index (χ2n) is 3.53. The molecular weight excluding hydrogens is 188 g/mol. The highest BCUT2D eigenvalue weighted by Crippen LogP contribution is 2.17. The molecule has 0 aliphatic heterocycles. The summed E-state index contributed by atoms with van der Waals surface area (Å²) in [4.78, 5) is 6.45. The van der Waals surface area contributed by atoms with Crippen LogP contribution in [0.25, 0.3) is 0 Å². The van der Waals surface area contributed by atoms with Crippen molar-refractivity contribution in [3.05, 3.63) is 18.3 Å². The number of hydrogen-bond acceptors (Lipinski definition) is 4. The first kappa shape index (κ1) is 11.8. The number of aromatic nitrogens is 1. The molecule has 1 heterocycles. The number of nitrogens with zero attached hydrogens (tertiary/aromatic N) is 2. The Morgan fingerprint density at radius 1 is 1.33 bits per heavy atom. The number of nitrogen functional groups attached to an aromatic ring is 1. The maximum Gasteiger partial charge on any atom is 0.141 e. The predicted octanol–water partition coefficient (Wildman–Crippen LogP) is 1.99. The van der Waals surface area contributed by atoms with Crippen LogP contribution in [-0.4, -0.2) is 18.1 Å². The molecule has 84 valence electrons. The monoisotopic (exact) mass is 208 g/mol. The number of nitrogens with one attached hydrogen (secondary N) is 1. The van der Waals surface area contributed by atoms with Gasteiger partial charge < -0.3 is 10.3 Å². The molecule has 0 fully saturated rings. The van der Waals surface area contributed by atoms with E-state index in [1.807, 2.05) is 12.1 Å². The Morgan fingerprint density at radius 3 is 2.53 bits per heavy atom. The van der Waals surface area contributed by atoms with E-state index in [9.17, 15) is 0 Å². The van der Waals surface area contributed by atoms with Crippen LogP contribution in [0.3, 0.4) is 0 Å². The summed E-state index contributed by atoms with van der Waals surface area (Å²) in [5.74, 6) is 6.05. The molecule has 4 heteroatoms. The molecule has 1 rings (SSSR count). The highest BCUT2D eigenvalue weighted by atomic mass is 15.2. The fraction of sp³-hybridized carbons (Fsp3) is 0.545. The van der Waals surface area contributed by atoms with Gasteiger partial charge in [-0.1, -0.05) is 13.8 Å². The molecule has 0 unspecified atom stereocenters. The minimum atomic E-state index is 0.713. The topological polar surface area (TPSA) is 54.2 Å². The zero-order valence-electron chi connectivity index (χ0n) is 9.53. The second kappa shape index (κ2) is 6.24. The average molecular weight is 208 g/mol. The van der Waals surface area contributed by atoms with Crippen molar-refractivity contribution in [3.63, 3.8) is 0 Å². The third-order valence-corrected chi connectivity index (χ3v) is 2.24. The number of hydrogen-bond donors (Lipinski definition) is 2. The van der Waals surface area contributed by atoms with E-state index in [4.69, 9.17) is 5.84 Å². The standard InChI is InChI=1S/C11H20N4/c1-3-7-15(8-4-2)10-5-6-13-11(9-10)14-12/h5-6,9H,3-4,7-8,12H2,1-2H3,(H,13,14). The molecule has 1 aromatic rings. The zero-order chi connectivity index (χ0) is 11.1. The van der Waals surface area contributed by atoms with Crippen molar-refractivity contribution in [3.8, 4) is 0 Å². The fourth-order valence-corrected chi connectivity index (χ4v) is 1.60. The smallest absolute Gasteiger partial charge is 0.141 e. The molecule has 0 bridgehead atoms. The van der Waals surface area contributed by atoms with Crippen LogP contribution >= 0.6 is 0 Å². The van der Waals surface area contributed by atoms with Gasteiger partial charge in [0.25, 0.3) is 0 Å². The Kier molecular flexibility index (Phi) is 4.90. The molecule has 0 aliphatic rings. The van der Waals surface area contributed by atoms with Gasteiger partial charge in [-0.3, -0.25) is 0 Å². The van der Waals surface area contributed by atoms with Gasteiger partial charge in [-0.15, -0.1) is 0 Å². The summed E-state index contributed by atoms with van der Waals surface area (Å²) in [5.41, 5.74) is 3.75. The minimum Gasteiger partial charge on any atom is -0.371 e. The van der Waals surface area contributed by atoms with Gasteiger partial charge in [0.05, 0.1) is 0 Å². The van der Waals surface area contributed by atoms with Gasteiger partial charge in [-0.05, 0) is 18.9 Å². The first-order chi connectivity index (χ1) is 7.31. The molecule has 0 saturated heterocycles. The summed E-state index contributed by atoms with van der Waals surface area (Å²) >= 11 is 0. The summed E-state index contributed by atoms with van der Waals surface area (Å²) in [7, 11) is 0. The SMILES string of the molecule is CCCN(CCC)c1ccnc(NN)c1. The van der Waals surface area contributed by atoms with E-state index < -0.39 is 0 Å². The zero-order valence-corrected chi connectivity index (χ0v) is 9.53. The lowest BCUT2D eigenvalue weighted by molar-refractivity contribution is 0.744. The summed E-state index contributed by atoms with van der Waals surface area (Å²) < 4.78 is 0. The van der Waals surface area contributed by atoms with E-state index in [1.165, 1.54) is 5.69 Å². The average Bonchev–Trinajstić information content (AvgIpc) is 2.29. The predicted molar refractivity (Wildman–Crippen MR) is 64.8 cm³/mol. The Morgan fingerprint density at radius 2 is 2.00 bits per heavy atom. The van der Waals surface area contributed by atoms with Crippen molar-refractivity contribution in [2.45, 2.75) is 26.7 Å². The molecule has 3 N–H and O–H groups in total. The van der Waals surface area contributed by atoms with E-state index in [0.717, 1.165) is 25.9 Å². The number of anilines is 2. The van der Waals surface area contributed by atoms with Crippen LogP contribution in [0.2, 0.25) is 0 Å². The summed E-state index contributed by atoms with van der Waals surface area (Å²) in [5, 5.41) is 0.